The predicted octanol–water partition coefficient (Wildman–Crippen LogP) is 0.912. The second-order valence-electron chi connectivity index (χ2n) is 3.51. The first-order valence-corrected chi connectivity index (χ1v) is 4.66. The Balaban J connectivity index is 0.00000112. The quantitative estimate of drug-likeness (QED) is 0.770. The highest BCUT2D eigenvalue weighted by atomic mass is 35.5. The van der Waals surface area contributed by atoms with E-state index in [1.807, 2.05) is 0 Å². The van der Waals surface area contributed by atoms with Crippen LogP contribution in [-0.2, 0) is 0 Å². The molecular weight excluding hydrogens is 212 g/mol. The molecule has 0 spiro atoms. The molecule has 1 aliphatic heterocycles. The van der Waals surface area contributed by atoms with E-state index in [-0.39, 0.29) is 18.4 Å². The Bertz CT molecular complexity index is 374. The summed E-state index contributed by atoms with van der Waals surface area (Å²) in [4.78, 5) is 6.34. The van der Waals surface area contributed by atoms with Gasteiger partial charge >= 0.3 is 0 Å². The van der Waals surface area contributed by atoms with Gasteiger partial charge in [0.2, 0.25) is 0 Å². The molecule has 2 N–H and O–H groups in total. The molecule has 1 atom stereocenters. The van der Waals surface area contributed by atoms with Crippen molar-refractivity contribution in [1.29, 1.82) is 5.26 Å². The fraction of sp³-hybridized carbons (Fsp3) is 0.400. The minimum atomic E-state index is 0. The number of anilines is 1. The summed E-state index contributed by atoms with van der Waals surface area (Å²) in [5, 5.41) is 8.74. The van der Waals surface area contributed by atoms with Crippen LogP contribution in [0.2, 0.25) is 0 Å². The maximum Gasteiger partial charge on any atom is 0.129 e. The van der Waals surface area contributed by atoms with E-state index < -0.39 is 0 Å². The van der Waals surface area contributed by atoms with Crippen LogP contribution >= 0.6 is 12.4 Å². The molecule has 1 aromatic rings. The van der Waals surface area contributed by atoms with Gasteiger partial charge in [0.25, 0.3) is 0 Å². The number of rotatable bonds is 1. The number of pyridine rings is 1. The van der Waals surface area contributed by atoms with E-state index in [1.165, 1.54) is 0 Å². The lowest BCUT2D eigenvalue weighted by atomic mass is 10.3. The maximum absolute atomic E-state index is 8.74. The topological polar surface area (TPSA) is 65.9 Å². The average Bonchev–Trinajstić information content (AvgIpc) is 2.65. The molecule has 4 nitrogen and oxygen atoms in total. The Morgan fingerprint density at radius 2 is 2.40 bits per heavy atom. The van der Waals surface area contributed by atoms with Gasteiger partial charge in [-0.1, -0.05) is 0 Å². The first kappa shape index (κ1) is 11.8. The Morgan fingerprint density at radius 1 is 1.60 bits per heavy atom. The molecule has 0 bridgehead atoms. The Morgan fingerprint density at radius 3 is 3.00 bits per heavy atom. The zero-order chi connectivity index (χ0) is 9.97. The summed E-state index contributed by atoms with van der Waals surface area (Å²) in [7, 11) is 0. The summed E-state index contributed by atoms with van der Waals surface area (Å²) >= 11 is 0. The minimum Gasteiger partial charge on any atom is -0.355 e. The molecule has 5 heteroatoms. The number of nitrogens with zero attached hydrogens (tertiary/aromatic N) is 3. The molecule has 1 aliphatic rings. The molecule has 15 heavy (non-hydrogen) atoms. The molecule has 2 heterocycles. The predicted molar refractivity (Wildman–Crippen MR) is 61.0 cm³/mol. The van der Waals surface area contributed by atoms with Gasteiger partial charge in [-0.2, -0.15) is 5.26 Å². The zero-order valence-electron chi connectivity index (χ0n) is 8.26. The van der Waals surface area contributed by atoms with E-state index in [9.17, 15) is 0 Å². The van der Waals surface area contributed by atoms with Crippen LogP contribution in [0.1, 0.15) is 12.0 Å². The van der Waals surface area contributed by atoms with Gasteiger partial charge in [-0.15, -0.1) is 12.4 Å². The lowest BCUT2D eigenvalue weighted by Crippen LogP contribution is -2.26. The Hall–Kier alpha value is -1.31. The van der Waals surface area contributed by atoms with Gasteiger partial charge < -0.3 is 10.6 Å². The summed E-state index contributed by atoms with van der Waals surface area (Å²) in [6.45, 7) is 1.77. The third-order valence-corrected chi connectivity index (χ3v) is 2.42. The van der Waals surface area contributed by atoms with E-state index in [0.29, 0.717) is 5.56 Å². The number of nitriles is 1. The summed E-state index contributed by atoms with van der Waals surface area (Å²) in [5.41, 5.74) is 6.45. The molecule has 1 aromatic heterocycles. The van der Waals surface area contributed by atoms with Gasteiger partial charge in [-0.3, -0.25) is 0 Å². The van der Waals surface area contributed by atoms with Gasteiger partial charge in [-0.25, -0.2) is 4.98 Å². The standard InChI is InChI=1S/C10H12N4.ClH/c11-6-8-1-3-13-10(5-8)14-4-2-9(12)7-14;/h1,3,5,9H,2,4,7,12H2;1H/t9-;/m1./s1. The van der Waals surface area contributed by atoms with E-state index in [2.05, 4.69) is 16.0 Å². The van der Waals surface area contributed by atoms with E-state index in [1.54, 1.807) is 18.3 Å². The van der Waals surface area contributed by atoms with Crippen LogP contribution in [0.5, 0.6) is 0 Å². The zero-order valence-corrected chi connectivity index (χ0v) is 9.07. The van der Waals surface area contributed by atoms with E-state index in [4.69, 9.17) is 11.0 Å². The van der Waals surface area contributed by atoms with Crippen LogP contribution in [0.15, 0.2) is 18.3 Å². The normalized spacial score (nSPS) is 19.5. The van der Waals surface area contributed by atoms with Crippen molar-refractivity contribution in [3.05, 3.63) is 23.9 Å². The number of hydrogen-bond donors (Lipinski definition) is 1. The third-order valence-electron chi connectivity index (χ3n) is 2.42. The van der Waals surface area contributed by atoms with Crippen molar-refractivity contribution >= 4 is 18.2 Å². The monoisotopic (exact) mass is 224 g/mol. The number of nitrogens with two attached hydrogens (primary N) is 1. The second kappa shape index (κ2) is 4.96. The number of aromatic nitrogens is 1. The summed E-state index contributed by atoms with van der Waals surface area (Å²) in [6.07, 6.45) is 2.66. The van der Waals surface area contributed by atoms with Gasteiger partial charge in [0.1, 0.15) is 5.82 Å². The molecule has 1 fully saturated rings. The SMILES string of the molecule is Cl.N#Cc1ccnc(N2CC[C@@H](N)C2)c1. The second-order valence-corrected chi connectivity index (χ2v) is 3.51. The van der Waals surface area contributed by atoms with Crippen molar-refractivity contribution in [1.82, 2.24) is 4.98 Å². The highest BCUT2D eigenvalue weighted by molar-refractivity contribution is 5.85. The lowest BCUT2D eigenvalue weighted by Gasteiger charge is -2.16. The van der Waals surface area contributed by atoms with Crippen LogP contribution in [0.4, 0.5) is 5.82 Å². The van der Waals surface area contributed by atoms with Gasteiger partial charge in [-0.05, 0) is 18.6 Å². The minimum absolute atomic E-state index is 0. The van der Waals surface area contributed by atoms with Gasteiger partial charge in [0, 0.05) is 25.3 Å². The van der Waals surface area contributed by atoms with Crippen LogP contribution in [-0.4, -0.2) is 24.1 Å². The highest BCUT2D eigenvalue weighted by Crippen LogP contribution is 2.17. The lowest BCUT2D eigenvalue weighted by molar-refractivity contribution is 0.751. The van der Waals surface area contributed by atoms with Crippen molar-refractivity contribution in [2.24, 2.45) is 5.73 Å². The molecule has 0 unspecified atom stereocenters. The van der Waals surface area contributed by atoms with Crippen molar-refractivity contribution < 1.29 is 0 Å². The average molecular weight is 225 g/mol. The molecule has 0 saturated carbocycles. The number of hydrogen-bond acceptors (Lipinski definition) is 4. The van der Waals surface area contributed by atoms with Crippen LogP contribution in [0.3, 0.4) is 0 Å². The molecule has 0 aromatic carbocycles. The smallest absolute Gasteiger partial charge is 0.129 e. The fourth-order valence-electron chi connectivity index (χ4n) is 1.66. The van der Waals surface area contributed by atoms with Crippen molar-refractivity contribution in [3.63, 3.8) is 0 Å². The highest BCUT2D eigenvalue weighted by Gasteiger charge is 2.20. The van der Waals surface area contributed by atoms with Crippen molar-refractivity contribution in [3.8, 4) is 6.07 Å². The summed E-state index contributed by atoms with van der Waals surface area (Å²) in [6, 6.07) is 5.85. The molecule has 0 radical (unpaired) electrons. The van der Waals surface area contributed by atoms with Crippen LogP contribution in [0.25, 0.3) is 0 Å². The van der Waals surface area contributed by atoms with Gasteiger partial charge in [0.05, 0.1) is 11.6 Å². The van der Waals surface area contributed by atoms with Crippen molar-refractivity contribution in [2.45, 2.75) is 12.5 Å². The fourth-order valence-corrected chi connectivity index (χ4v) is 1.66. The van der Waals surface area contributed by atoms with Crippen molar-refractivity contribution in [2.75, 3.05) is 18.0 Å². The largest absolute Gasteiger partial charge is 0.355 e. The molecule has 0 aliphatic carbocycles. The summed E-state index contributed by atoms with van der Waals surface area (Å²) in [5.74, 6) is 0.858. The van der Waals surface area contributed by atoms with E-state index >= 15 is 0 Å². The first-order valence-electron chi connectivity index (χ1n) is 4.66. The Kier molecular flexibility index (Phi) is 3.89. The molecule has 2 rings (SSSR count). The first-order chi connectivity index (χ1) is 6.79. The number of halogens is 1. The third kappa shape index (κ3) is 2.58. The Labute approximate surface area is 95.1 Å². The van der Waals surface area contributed by atoms with Crippen LogP contribution < -0.4 is 10.6 Å². The van der Waals surface area contributed by atoms with Gasteiger partial charge in [0.15, 0.2) is 0 Å². The molecule has 0 amide bonds. The maximum atomic E-state index is 8.74. The van der Waals surface area contributed by atoms with Crippen LogP contribution in [0, 0.1) is 11.3 Å². The molecule has 1 saturated heterocycles. The van der Waals surface area contributed by atoms with E-state index in [0.717, 1.165) is 25.3 Å². The molecular formula is C10H13ClN4. The molecule has 80 valence electrons. The summed E-state index contributed by atoms with van der Waals surface area (Å²) < 4.78 is 0.